The van der Waals surface area contributed by atoms with Gasteiger partial charge in [0.15, 0.2) is 0 Å². The summed E-state index contributed by atoms with van der Waals surface area (Å²) in [6, 6.07) is 5.20. The van der Waals surface area contributed by atoms with E-state index in [0.717, 1.165) is 58.7 Å². The van der Waals surface area contributed by atoms with E-state index < -0.39 is 11.9 Å². The molecule has 2 aromatic carbocycles. The number of hydrogen-bond donors (Lipinski definition) is 2. The molecule has 0 saturated heterocycles. The van der Waals surface area contributed by atoms with Crippen molar-refractivity contribution in [2.45, 2.75) is 43.9 Å². The highest BCUT2D eigenvalue weighted by atomic mass is 16.7. The van der Waals surface area contributed by atoms with Crippen LogP contribution in [0, 0.1) is 0 Å². The maximum Gasteiger partial charge on any atom is 0.341 e. The van der Waals surface area contributed by atoms with Crippen molar-refractivity contribution in [3.63, 3.8) is 0 Å². The van der Waals surface area contributed by atoms with Crippen LogP contribution in [0.2, 0.25) is 0 Å². The first-order valence-electron chi connectivity index (χ1n) is 10.5. The number of carbonyl (C=O) groups is 4. The highest BCUT2D eigenvalue weighted by molar-refractivity contribution is 6.04. The highest BCUT2D eigenvalue weighted by Crippen LogP contribution is 2.60. The van der Waals surface area contributed by atoms with Gasteiger partial charge in [-0.3, -0.25) is 0 Å². The Labute approximate surface area is 182 Å². The van der Waals surface area contributed by atoms with Crippen molar-refractivity contribution in [3.8, 4) is 0 Å². The molecular weight excluding hydrogens is 416 g/mol. The topological polar surface area (TPSA) is 127 Å². The fourth-order valence-corrected chi connectivity index (χ4v) is 5.23. The predicted molar refractivity (Wildman–Crippen MR) is 109 cm³/mol. The van der Waals surface area contributed by atoms with Crippen molar-refractivity contribution in [2.24, 2.45) is 0 Å². The Morgan fingerprint density at radius 3 is 1.72 bits per heavy atom. The van der Waals surface area contributed by atoms with Crippen LogP contribution in [0.1, 0.15) is 101 Å². The molecule has 1 saturated carbocycles. The molecule has 2 unspecified atom stereocenters. The zero-order valence-electron chi connectivity index (χ0n) is 17.1. The minimum atomic E-state index is -1.13. The fourth-order valence-electron chi connectivity index (χ4n) is 5.23. The molecule has 0 radical (unpaired) electrons. The Bertz CT molecular complexity index is 1110. The molecule has 0 amide bonds. The van der Waals surface area contributed by atoms with Crippen molar-refractivity contribution in [1.29, 1.82) is 0 Å². The van der Waals surface area contributed by atoms with Gasteiger partial charge in [-0.15, -0.1) is 0 Å². The van der Waals surface area contributed by atoms with E-state index in [4.69, 9.17) is 19.7 Å². The van der Waals surface area contributed by atoms with Crippen molar-refractivity contribution in [2.75, 3.05) is 6.79 Å². The van der Waals surface area contributed by atoms with Crippen LogP contribution in [0.15, 0.2) is 24.3 Å². The molecule has 4 aliphatic rings. The number of ether oxygens (including phenoxy) is 2. The minimum absolute atomic E-state index is 0.0186. The lowest BCUT2D eigenvalue weighted by atomic mass is 9.59. The molecule has 1 heterocycles. The highest BCUT2D eigenvalue weighted by Gasteiger charge is 2.50. The fraction of sp³-hybridized carbons (Fsp3) is 0.333. The average molecular weight is 436 g/mol. The van der Waals surface area contributed by atoms with E-state index in [1.54, 1.807) is 0 Å². The first kappa shape index (κ1) is 20.2. The summed E-state index contributed by atoms with van der Waals surface area (Å²) in [5.41, 5.74) is 5.79. The monoisotopic (exact) mass is 436 g/mol. The number of benzene rings is 2. The van der Waals surface area contributed by atoms with Crippen LogP contribution < -0.4 is 0 Å². The number of carbonyl (C=O) groups excluding carboxylic acids is 2. The number of carboxylic acids is 2. The average Bonchev–Trinajstić information content (AvgIpc) is 3.55. The zero-order valence-corrected chi connectivity index (χ0v) is 17.1. The third kappa shape index (κ3) is 3.14. The van der Waals surface area contributed by atoms with Crippen LogP contribution in [0.5, 0.6) is 0 Å². The number of hydrogen-bond acceptors (Lipinski definition) is 6. The van der Waals surface area contributed by atoms with Crippen LogP contribution >= 0.6 is 0 Å². The van der Waals surface area contributed by atoms with E-state index >= 15 is 0 Å². The van der Waals surface area contributed by atoms with Gasteiger partial charge in [0.25, 0.3) is 0 Å². The second-order valence-electron chi connectivity index (χ2n) is 8.38. The predicted octanol–water partition coefficient (Wildman–Crippen LogP) is 3.71. The summed E-state index contributed by atoms with van der Waals surface area (Å²) < 4.78 is 10.2. The first-order valence-corrected chi connectivity index (χ1v) is 10.5. The maximum absolute atomic E-state index is 12.3. The summed E-state index contributed by atoms with van der Waals surface area (Å²) in [4.78, 5) is 45.3. The molecule has 2 bridgehead atoms. The van der Waals surface area contributed by atoms with Crippen LogP contribution in [-0.4, -0.2) is 40.9 Å². The summed E-state index contributed by atoms with van der Waals surface area (Å²) in [5, 5.41) is 17.0. The molecule has 2 atom stereocenters. The van der Waals surface area contributed by atoms with Gasteiger partial charge in [0.1, 0.15) is 0 Å². The molecule has 2 aromatic rings. The first-order chi connectivity index (χ1) is 15.4. The Kier molecular flexibility index (Phi) is 4.73. The number of carboxylic acid groups (broad SMARTS) is 2. The number of esters is 2. The molecular formula is C24H20O8. The summed E-state index contributed by atoms with van der Waals surface area (Å²) in [6.07, 6.45) is 5.44. The van der Waals surface area contributed by atoms with Crippen molar-refractivity contribution in [3.05, 3.63) is 68.8 Å². The second kappa shape index (κ2) is 7.47. The second-order valence-corrected chi connectivity index (χ2v) is 8.38. The Hall–Kier alpha value is -3.68. The molecule has 1 aliphatic heterocycles. The van der Waals surface area contributed by atoms with Gasteiger partial charge in [-0.25, -0.2) is 19.2 Å². The summed E-state index contributed by atoms with van der Waals surface area (Å²) in [7, 11) is 0. The lowest BCUT2D eigenvalue weighted by molar-refractivity contribution is -0.0163. The van der Waals surface area contributed by atoms with Gasteiger partial charge < -0.3 is 19.7 Å². The number of cyclic esters (lactones) is 2. The van der Waals surface area contributed by atoms with Gasteiger partial charge >= 0.3 is 23.9 Å². The molecule has 3 aliphatic carbocycles. The van der Waals surface area contributed by atoms with Gasteiger partial charge in [0, 0.05) is 0 Å². The molecule has 8 heteroatoms. The van der Waals surface area contributed by atoms with Crippen LogP contribution in [0.25, 0.3) is 0 Å². The SMILES string of the molecule is O=C(O)c1cccc(C(=O)O)c1.O=C1OCOC(=O)c2c3c(c1c1c2C2CCCCC12)C3. The Morgan fingerprint density at radius 2 is 1.28 bits per heavy atom. The number of aromatic carboxylic acids is 2. The van der Waals surface area contributed by atoms with Gasteiger partial charge in [0.2, 0.25) is 6.79 Å². The minimum Gasteiger partial charge on any atom is -0.478 e. The lowest BCUT2D eigenvalue weighted by Crippen LogP contribution is -2.32. The molecule has 32 heavy (non-hydrogen) atoms. The quantitative estimate of drug-likeness (QED) is 0.582. The van der Waals surface area contributed by atoms with Crippen molar-refractivity contribution in [1.82, 2.24) is 0 Å². The number of fused-ring (bicyclic) bond motifs is 6. The molecule has 0 aromatic heterocycles. The molecule has 8 nitrogen and oxygen atoms in total. The smallest absolute Gasteiger partial charge is 0.341 e. The van der Waals surface area contributed by atoms with Crippen LogP contribution in [0.4, 0.5) is 0 Å². The molecule has 2 N–H and O–H groups in total. The van der Waals surface area contributed by atoms with E-state index in [-0.39, 0.29) is 29.9 Å². The summed E-state index contributed by atoms with van der Waals surface area (Å²) in [5.74, 6) is -1.95. The van der Waals surface area contributed by atoms with E-state index in [1.165, 1.54) is 31.0 Å². The zero-order chi connectivity index (χ0) is 22.6. The van der Waals surface area contributed by atoms with Gasteiger partial charge in [-0.05, 0) is 71.6 Å². The maximum atomic E-state index is 12.3. The Morgan fingerprint density at radius 1 is 0.812 bits per heavy atom. The van der Waals surface area contributed by atoms with Crippen molar-refractivity contribution < 1.29 is 38.9 Å². The summed E-state index contributed by atoms with van der Waals surface area (Å²) in [6.45, 7) is -0.263. The van der Waals surface area contributed by atoms with E-state index in [1.807, 2.05) is 0 Å². The largest absolute Gasteiger partial charge is 0.478 e. The van der Waals surface area contributed by atoms with E-state index in [2.05, 4.69) is 0 Å². The van der Waals surface area contributed by atoms with Crippen LogP contribution in [0.3, 0.4) is 0 Å². The number of rotatable bonds is 2. The third-order valence-electron chi connectivity index (χ3n) is 6.68. The Balaban J connectivity index is 0.000000156. The van der Waals surface area contributed by atoms with E-state index in [9.17, 15) is 19.2 Å². The van der Waals surface area contributed by atoms with E-state index in [0.29, 0.717) is 11.8 Å². The third-order valence-corrected chi connectivity index (χ3v) is 6.68. The van der Waals surface area contributed by atoms with Gasteiger partial charge in [0.05, 0.1) is 22.3 Å². The lowest BCUT2D eigenvalue weighted by Gasteiger charge is -2.44. The van der Waals surface area contributed by atoms with Gasteiger partial charge in [-0.1, -0.05) is 18.9 Å². The standard InChI is InChI=1S/C16H14O4.C8H6O4/c17-15-13-9-5-10(9)14(16(18)20-6-19-15)12-8-4-2-1-3-7(8)11(12)13;9-7(10)5-2-1-3-6(4-5)8(11)12/h7-8H,1-6H2;1-4H,(H,9,10)(H,11,12). The summed E-state index contributed by atoms with van der Waals surface area (Å²) >= 11 is 0. The molecule has 0 spiro atoms. The molecule has 164 valence electrons. The molecule has 6 rings (SSSR count). The van der Waals surface area contributed by atoms with Gasteiger partial charge in [-0.2, -0.15) is 0 Å². The van der Waals surface area contributed by atoms with Crippen molar-refractivity contribution >= 4 is 23.9 Å². The van der Waals surface area contributed by atoms with Crippen LogP contribution in [-0.2, 0) is 15.9 Å². The normalized spacial score (nSPS) is 21.5. The molecule has 1 fully saturated rings.